The first kappa shape index (κ1) is 22.4. The van der Waals surface area contributed by atoms with Crippen molar-refractivity contribution in [2.75, 3.05) is 20.3 Å². The van der Waals surface area contributed by atoms with Gasteiger partial charge in [0.25, 0.3) is 5.91 Å². The number of methoxy groups -OCH3 is 1. The number of carbonyl (C=O) groups is 1. The molecule has 0 aliphatic carbocycles. The fourth-order valence-corrected chi connectivity index (χ4v) is 3.85. The van der Waals surface area contributed by atoms with Gasteiger partial charge in [0.15, 0.2) is 0 Å². The van der Waals surface area contributed by atoms with Crippen molar-refractivity contribution in [3.63, 3.8) is 0 Å². The number of amides is 1. The largest absolute Gasteiger partial charge is 0.497 e. The van der Waals surface area contributed by atoms with Gasteiger partial charge >= 0.3 is 0 Å². The van der Waals surface area contributed by atoms with E-state index in [4.69, 9.17) is 14.5 Å². The summed E-state index contributed by atoms with van der Waals surface area (Å²) >= 11 is 0. The van der Waals surface area contributed by atoms with Gasteiger partial charge in [-0.3, -0.25) is 4.79 Å². The molecule has 0 spiro atoms. The van der Waals surface area contributed by atoms with Crippen LogP contribution in [0.25, 0.3) is 11.0 Å². The Morgan fingerprint density at radius 2 is 1.82 bits per heavy atom. The molecule has 1 heterocycles. The van der Waals surface area contributed by atoms with E-state index in [2.05, 4.69) is 16.0 Å². The number of carbonyl (C=O) groups excluding carboxylic acids is 1. The number of para-hydroxylation sites is 2. The van der Waals surface area contributed by atoms with Crippen molar-refractivity contribution in [1.29, 1.82) is 0 Å². The van der Waals surface area contributed by atoms with Gasteiger partial charge in [-0.15, -0.1) is 0 Å². The van der Waals surface area contributed by atoms with Crippen molar-refractivity contribution >= 4 is 16.9 Å². The molecule has 4 aromatic rings. The number of benzene rings is 3. The number of hydrogen-bond donors (Lipinski definition) is 1. The summed E-state index contributed by atoms with van der Waals surface area (Å²) in [4.78, 5) is 17.3. The number of imidazole rings is 1. The first-order valence-corrected chi connectivity index (χ1v) is 11.2. The number of ether oxygens (including phenoxy) is 2. The van der Waals surface area contributed by atoms with Crippen LogP contribution in [0.2, 0.25) is 0 Å². The molecular formula is C27H29N3O3. The molecule has 0 atom stereocenters. The number of hydrogen-bond acceptors (Lipinski definition) is 4. The lowest BCUT2D eigenvalue weighted by atomic mass is 10.1. The first-order valence-electron chi connectivity index (χ1n) is 11.2. The first-order chi connectivity index (χ1) is 16.1. The Hall–Kier alpha value is -3.80. The molecule has 1 aromatic heterocycles. The van der Waals surface area contributed by atoms with Gasteiger partial charge in [-0.05, 0) is 49.7 Å². The maximum atomic E-state index is 12.5. The Morgan fingerprint density at radius 3 is 2.67 bits per heavy atom. The molecule has 0 unspecified atom stereocenters. The Morgan fingerprint density at radius 1 is 1.00 bits per heavy atom. The molecule has 0 aliphatic rings. The van der Waals surface area contributed by atoms with E-state index in [0.717, 1.165) is 46.9 Å². The van der Waals surface area contributed by atoms with Crippen LogP contribution in [0.4, 0.5) is 0 Å². The third-order valence-electron chi connectivity index (χ3n) is 5.48. The molecule has 6 heteroatoms. The molecule has 0 bridgehead atoms. The van der Waals surface area contributed by atoms with E-state index in [1.54, 1.807) is 7.11 Å². The average molecular weight is 444 g/mol. The van der Waals surface area contributed by atoms with Gasteiger partial charge in [0, 0.05) is 31.1 Å². The monoisotopic (exact) mass is 443 g/mol. The molecule has 1 N–H and O–H groups in total. The number of aryl methyl sites for hydroxylation is 2. The van der Waals surface area contributed by atoms with Gasteiger partial charge < -0.3 is 19.4 Å². The zero-order chi connectivity index (χ0) is 23.0. The van der Waals surface area contributed by atoms with Crippen LogP contribution in [0.15, 0.2) is 72.8 Å². The molecule has 3 aromatic carbocycles. The zero-order valence-electron chi connectivity index (χ0n) is 19.1. The predicted octanol–water partition coefficient (Wildman–Crippen LogP) is 4.79. The summed E-state index contributed by atoms with van der Waals surface area (Å²) in [5.74, 6) is 2.47. The minimum absolute atomic E-state index is 0.0620. The van der Waals surface area contributed by atoms with Gasteiger partial charge in [0.1, 0.15) is 17.3 Å². The molecule has 6 nitrogen and oxygen atoms in total. The van der Waals surface area contributed by atoms with Crippen molar-refractivity contribution in [3.05, 3.63) is 89.7 Å². The number of rotatable bonds is 10. The van der Waals surface area contributed by atoms with Crippen LogP contribution in [-0.2, 0) is 13.0 Å². The van der Waals surface area contributed by atoms with Crippen LogP contribution >= 0.6 is 0 Å². The van der Waals surface area contributed by atoms with E-state index in [1.165, 1.54) is 0 Å². The minimum atomic E-state index is -0.0620. The molecule has 0 aliphatic heterocycles. The minimum Gasteiger partial charge on any atom is -0.497 e. The lowest BCUT2D eigenvalue weighted by molar-refractivity contribution is 0.0954. The highest BCUT2D eigenvalue weighted by Crippen LogP contribution is 2.20. The smallest absolute Gasteiger partial charge is 0.251 e. The van der Waals surface area contributed by atoms with Crippen LogP contribution < -0.4 is 14.8 Å². The molecule has 4 rings (SSSR count). The van der Waals surface area contributed by atoms with Gasteiger partial charge in [0.2, 0.25) is 0 Å². The van der Waals surface area contributed by atoms with Crippen LogP contribution in [0, 0.1) is 6.92 Å². The summed E-state index contributed by atoms with van der Waals surface area (Å²) in [6.07, 6.45) is 1.49. The second kappa shape index (κ2) is 10.7. The fraction of sp³-hybridized carbons (Fsp3) is 0.259. The maximum Gasteiger partial charge on any atom is 0.251 e. The van der Waals surface area contributed by atoms with Crippen LogP contribution in [0.5, 0.6) is 11.5 Å². The predicted molar refractivity (Wildman–Crippen MR) is 130 cm³/mol. The van der Waals surface area contributed by atoms with Crippen molar-refractivity contribution in [2.24, 2.45) is 0 Å². The van der Waals surface area contributed by atoms with E-state index in [-0.39, 0.29) is 5.91 Å². The summed E-state index contributed by atoms with van der Waals surface area (Å²) in [5.41, 5.74) is 3.81. The van der Waals surface area contributed by atoms with Gasteiger partial charge in [-0.2, -0.15) is 0 Å². The summed E-state index contributed by atoms with van der Waals surface area (Å²) in [6.45, 7) is 3.88. The summed E-state index contributed by atoms with van der Waals surface area (Å²) in [5, 5.41) is 3.02. The third-order valence-corrected chi connectivity index (χ3v) is 5.48. The quantitative estimate of drug-likeness (QED) is 0.358. The number of nitrogens with one attached hydrogen (secondary N) is 1. The SMILES string of the molecule is COc1cccc(OCCCn2c(CCNC(=O)c3cccc(C)c3)nc3ccccc32)c1. The average Bonchev–Trinajstić information content (AvgIpc) is 3.19. The van der Waals surface area contributed by atoms with Gasteiger partial charge in [-0.25, -0.2) is 4.98 Å². The summed E-state index contributed by atoms with van der Waals surface area (Å²) in [6, 6.07) is 23.4. The highest BCUT2D eigenvalue weighted by molar-refractivity contribution is 5.94. The number of nitrogens with zero attached hydrogens (tertiary/aromatic N) is 2. The maximum absolute atomic E-state index is 12.5. The highest BCUT2D eigenvalue weighted by atomic mass is 16.5. The normalized spacial score (nSPS) is 10.8. The Kier molecular flexibility index (Phi) is 7.25. The molecule has 170 valence electrons. The van der Waals surface area contributed by atoms with Crippen LogP contribution in [0.3, 0.4) is 0 Å². The Bertz CT molecular complexity index is 1230. The number of fused-ring (bicyclic) bond motifs is 1. The van der Waals surface area contributed by atoms with Crippen molar-refractivity contribution in [1.82, 2.24) is 14.9 Å². The molecule has 0 saturated heterocycles. The lowest BCUT2D eigenvalue weighted by Gasteiger charge is -2.11. The summed E-state index contributed by atoms with van der Waals surface area (Å²) < 4.78 is 13.4. The second-order valence-corrected chi connectivity index (χ2v) is 7.92. The standard InChI is InChI=1S/C27H29N3O3/c1-20-8-5-9-21(18-20)27(31)28-15-14-26-29-24-12-3-4-13-25(24)30(26)16-7-17-33-23-11-6-10-22(19-23)32-2/h3-6,8-13,18-19H,7,14-17H2,1-2H3,(H,28,31). The van der Waals surface area contributed by atoms with Gasteiger partial charge in [-0.1, -0.05) is 35.9 Å². The summed E-state index contributed by atoms with van der Waals surface area (Å²) in [7, 11) is 1.65. The van der Waals surface area contributed by atoms with Crippen LogP contribution in [-0.4, -0.2) is 35.7 Å². The second-order valence-electron chi connectivity index (χ2n) is 7.92. The fourth-order valence-electron chi connectivity index (χ4n) is 3.85. The molecule has 0 saturated carbocycles. The molecule has 1 amide bonds. The van der Waals surface area contributed by atoms with Gasteiger partial charge in [0.05, 0.1) is 24.8 Å². The highest BCUT2D eigenvalue weighted by Gasteiger charge is 2.11. The molecule has 0 fully saturated rings. The topological polar surface area (TPSA) is 65.4 Å². The Balaban J connectivity index is 1.37. The zero-order valence-corrected chi connectivity index (χ0v) is 19.1. The van der Waals surface area contributed by atoms with Crippen LogP contribution in [0.1, 0.15) is 28.2 Å². The van der Waals surface area contributed by atoms with E-state index in [0.29, 0.717) is 25.1 Å². The molecular weight excluding hydrogens is 414 g/mol. The van der Waals surface area contributed by atoms with E-state index >= 15 is 0 Å². The molecule has 0 radical (unpaired) electrons. The van der Waals surface area contributed by atoms with E-state index < -0.39 is 0 Å². The van der Waals surface area contributed by atoms with Crippen molar-refractivity contribution in [3.8, 4) is 11.5 Å². The third kappa shape index (κ3) is 5.71. The molecule has 33 heavy (non-hydrogen) atoms. The lowest BCUT2D eigenvalue weighted by Crippen LogP contribution is -2.26. The van der Waals surface area contributed by atoms with Crippen molar-refractivity contribution in [2.45, 2.75) is 26.3 Å². The van der Waals surface area contributed by atoms with E-state index in [1.807, 2.05) is 73.7 Å². The number of aromatic nitrogens is 2. The van der Waals surface area contributed by atoms with Crippen molar-refractivity contribution < 1.29 is 14.3 Å². The van der Waals surface area contributed by atoms with E-state index in [9.17, 15) is 4.79 Å². The Labute approximate surface area is 194 Å².